The molecule has 1 aliphatic rings. The summed E-state index contributed by atoms with van der Waals surface area (Å²) in [6.07, 6.45) is 1.74. The van der Waals surface area contributed by atoms with Gasteiger partial charge in [-0.05, 0) is 30.2 Å². The van der Waals surface area contributed by atoms with Gasteiger partial charge in [0.25, 0.3) is 5.91 Å². The van der Waals surface area contributed by atoms with Gasteiger partial charge in [0.2, 0.25) is 0 Å². The molecule has 0 spiro atoms. The van der Waals surface area contributed by atoms with Crippen LogP contribution in [0.3, 0.4) is 0 Å². The van der Waals surface area contributed by atoms with Crippen LogP contribution in [0, 0.1) is 0 Å². The third-order valence-corrected chi connectivity index (χ3v) is 4.43. The second-order valence-corrected chi connectivity index (χ2v) is 6.24. The average Bonchev–Trinajstić information content (AvgIpc) is 2.71. The number of carboxylic acids is 1. The van der Waals surface area contributed by atoms with Gasteiger partial charge in [0.05, 0.1) is 4.91 Å². The Morgan fingerprint density at radius 2 is 2.09 bits per heavy atom. The summed E-state index contributed by atoms with van der Waals surface area (Å²) in [6, 6.07) is 3.13. The Kier molecular flexibility index (Phi) is 4.72. The predicted molar refractivity (Wildman–Crippen MR) is 86.5 cm³/mol. The van der Waals surface area contributed by atoms with Gasteiger partial charge in [-0.2, -0.15) is 0 Å². The van der Waals surface area contributed by atoms with Crippen molar-refractivity contribution in [2.24, 2.45) is 0 Å². The molecular weight excluding hydrogens is 326 g/mol. The lowest BCUT2D eigenvalue weighted by atomic mass is 10.1. The van der Waals surface area contributed by atoms with E-state index in [-0.39, 0.29) is 27.1 Å². The monoisotopic (exact) mass is 339 g/mol. The Bertz CT molecular complexity index is 686. The fraction of sp³-hybridized carbons (Fsp3) is 0.214. The number of aromatic hydroxyl groups is 2. The zero-order valence-corrected chi connectivity index (χ0v) is 13.1. The summed E-state index contributed by atoms with van der Waals surface area (Å²) in [5.41, 5.74) is 0.499. The van der Waals surface area contributed by atoms with Gasteiger partial charge in [0, 0.05) is 0 Å². The molecule has 0 bridgehead atoms. The number of thiocarbonyl (C=S) groups is 1. The van der Waals surface area contributed by atoms with Gasteiger partial charge in [-0.25, -0.2) is 4.79 Å². The number of amides is 1. The van der Waals surface area contributed by atoms with Crippen molar-refractivity contribution in [3.63, 3.8) is 0 Å². The zero-order valence-electron chi connectivity index (χ0n) is 11.5. The van der Waals surface area contributed by atoms with Crippen molar-refractivity contribution in [3.05, 3.63) is 28.7 Å². The largest absolute Gasteiger partial charge is 0.504 e. The Balaban J connectivity index is 2.33. The molecule has 1 amide bonds. The molecule has 1 saturated heterocycles. The summed E-state index contributed by atoms with van der Waals surface area (Å²) in [5, 5.41) is 27.9. The highest BCUT2D eigenvalue weighted by molar-refractivity contribution is 8.26. The first kappa shape index (κ1) is 16.3. The summed E-state index contributed by atoms with van der Waals surface area (Å²) in [6.45, 7) is 1.67. The molecule has 116 valence electrons. The number of hydrogen-bond donors (Lipinski definition) is 3. The van der Waals surface area contributed by atoms with Crippen molar-refractivity contribution in [1.29, 1.82) is 0 Å². The molecule has 1 heterocycles. The Labute approximate surface area is 136 Å². The summed E-state index contributed by atoms with van der Waals surface area (Å²) in [7, 11) is 0. The molecule has 22 heavy (non-hydrogen) atoms. The number of phenolic OH excluding ortho intramolecular Hbond substituents is 2. The van der Waals surface area contributed by atoms with Crippen LogP contribution >= 0.6 is 24.0 Å². The van der Waals surface area contributed by atoms with E-state index in [9.17, 15) is 19.8 Å². The molecule has 1 aromatic rings. The van der Waals surface area contributed by atoms with Crippen LogP contribution in [0.4, 0.5) is 0 Å². The highest BCUT2D eigenvalue weighted by Crippen LogP contribution is 2.35. The van der Waals surface area contributed by atoms with Crippen LogP contribution in [0.1, 0.15) is 18.9 Å². The minimum absolute atomic E-state index is 0.188. The quantitative estimate of drug-likeness (QED) is 0.439. The lowest BCUT2D eigenvalue weighted by molar-refractivity contribution is -0.145. The third kappa shape index (κ3) is 3.07. The maximum absolute atomic E-state index is 12.4. The van der Waals surface area contributed by atoms with Gasteiger partial charge >= 0.3 is 5.97 Å². The molecule has 1 aromatic carbocycles. The number of carboxylic acid groups (broad SMARTS) is 1. The van der Waals surface area contributed by atoms with Crippen LogP contribution in [0.15, 0.2) is 23.1 Å². The summed E-state index contributed by atoms with van der Waals surface area (Å²) >= 11 is 6.10. The second-order valence-electron chi connectivity index (χ2n) is 4.56. The van der Waals surface area contributed by atoms with E-state index in [1.54, 1.807) is 6.92 Å². The molecule has 1 atom stereocenters. The maximum atomic E-state index is 12.4. The van der Waals surface area contributed by atoms with Crippen molar-refractivity contribution in [1.82, 2.24) is 4.90 Å². The first-order valence-electron chi connectivity index (χ1n) is 6.37. The van der Waals surface area contributed by atoms with E-state index in [2.05, 4.69) is 0 Å². The fourth-order valence-electron chi connectivity index (χ4n) is 2.00. The number of benzene rings is 1. The molecule has 0 aliphatic carbocycles. The standard InChI is InChI=1S/C14H13NO5S2/c1-2-8(13(19)20)15-12(18)11(22-14(15)21)6-7-3-4-9(16)10(17)5-7/h3-6,8,16-17H,2H2,1H3,(H,19,20)/b11-6+/t8-/m1/s1. The summed E-state index contributed by atoms with van der Waals surface area (Å²) < 4.78 is 0.188. The number of thioether (sulfide) groups is 1. The molecule has 2 rings (SSSR count). The van der Waals surface area contributed by atoms with Crippen LogP contribution in [-0.2, 0) is 9.59 Å². The first-order chi connectivity index (χ1) is 10.3. The normalized spacial score (nSPS) is 18.0. The molecular formula is C14H13NO5S2. The van der Waals surface area contributed by atoms with Crippen LogP contribution in [0.25, 0.3) is 6.08 Å². The molecule has 8 heteroatoms. The maximum Gasteiger partial charge on any atom is 0.326 e. The molecule has 0 saturated carbocycles. The van der Waals surface area contributed by atoms with E-state index in [0.717, 1.165) is 16.7 Å². The van der Waals surface area contributed by atoms with Gasteiger partial charge in [0.15, 0.2) is 11.5 Å². The average molecular weight is 339 g/mol. The molecule has 3 N–H and O–H groups in total. The number of carbonyl (C=O) groups is 2. The summed E-state index contributed by atoms with van der Waals surface area (Å²) in [5.74, 6) is -2.15. The van der Waals surface area contributed by atoms with E-state index in [1.165, 1.54) is 24.3 Å². The highest BCUT2D eigenvalue weighted by Gasteiger charge is 2.39. The van der Waals surface area contributed by atoms with E-state index in [4.69, 9.17) is 17.3 Å². The Morgan fingerprint density at radius 1 is 1.41 bits per heavy atom. The Hall–Kier alpha value is -2.06. The number of aliphatic carboxylic acids is 1. The van der Waals surface area contributed by atoms with Crippen LogP contribution in [0.5, 0.6) is 11.5 Å². The van der Waals surface area contributed by atoms with Crippen LogP contribution in [0.2, 0.25) is 0 Å². The molecule has 0 unspecified atom stereocenters. The SMILES string of the molecule is CC[C@H](C(=O)O)N1C(=O)/C(=C\c2ccc(O)c(O)c2)SC1=S. The molecule has 1 aliphatic heterocycles. The lowest BCUT2D eigenvalue weighted by Gasteiger charge is -2.21. The van der Waals surface area contributed by atoms with Crippen LogP contribution < -0.4 is 0 Å². The first-order valence-corrected chi connectivity index (χ1v) is 7.59. The number of hydrogen-bond acceptors (Lipinski definition) is 6. The molecule has 1 fully saturated rings. The number of rotatable bonds is 4. The minimum Gasteiger partial charge on any atom is -0.504 e. The fourth-order valence-corrected chi connectivity index (χ4v) is 3.35. The molecule has 6 nitrogen and oxygen atoms in total. The van der Waals surface area contributed by atoms with E-state index >= 15 is 0 Å². The van der Waals surface area contributed by atoms with Crippen molar-refractivity contribution >= 4 is 46.3 Å². The number of nitrogens with zero attached hydrogens (tertiary/aromatic N) is 1. The lowest BCUT2D eigenvalue weighted by Crippen LogP contribution is -2.43. The Morgan fingerprint density at radius 3 is 2.64 bits per heavy atom. The van der Waals surface area contributed by atoms with Crippen molar-refractivity contribution in [2.45, 2.75) is 19.4 Å². The summed E-state index contributed by atoms with van der Waals surface area (Å²) in [4.78, 5) is 24.9. The molecule has 0 aromatic heterocycles. The van der Waals surface area contributed by atoms with E-state index < -0.39 is 17.9 Å². The van der Waals surface area contributed by atoms with Gasteiger partial charge in [-0.15, -0.1) is 0 Å². The van der Waals surface area contributed by atoms with E-state index in [1.807, 2.05) is 0 Å². The third-order valence-electron chi connectivity index (χ3n) is 3.10. The van der Waals surface area contributed by atoms with E-state index in [0.29, 0.717) is 5.56 Å². The zero-order chi connectivity index (χ0) is 16.4. The number of carbonyl (C=O) groups excluding carboxylic acids is 1. The smallest absolute Gasteiger partial charge is 0.326 e. The topological polar surface area (TPSA) is 98.1 Å². The predicted octanol–water partition coefficient (Wildman–Crippen LogP) is 2.16. The molecule has 0 radical (unpaired) electrons. The van der Waals surface area contributed by atoms with Gasteiger partial charge in [0.1, 0.15) is 10.4 Å². The van der Waals surface area contributed by atoms with Crippen molar-refractivity contribution < 1.29 is 24.9 Å². The van der Waals surface area contributed by atoms with Crippen molar-refractivity contribution in [3.8, 4) is 11.5 Å². The number of phenols is 2. The second kappa shape index (κ2) is 6.37. The van der Waals surface area contributed by atoms with Crippen LogP contribution in [-0.4, -0.2) is 42.5 Å². The van der Waals surface area contributed by atoms with Gasteiger partial charge < -0.3 is 15.3 Å². The highest BCUT2D eigenvalue weighted by atomic mass is 32.2. The minimum atomic E-state index is -1.11. The van der Waals surface area contributed by atoms with Crippen molar-refractivity contribution in [2.75, 3.05) is 0 Å². The van der Waals surface area contributed by atoms with Gasteiger partial charge in [-0.1, -0.05) is 37.0 Å². The van der Waals surface area contributed by atoms with Gasteiger partial charge in [-0.3, -0.25) is 9.69 Å².